The van der Waals surface area contributed by atoms with E-state index >= 15 is 0 Å². The molecule has 39 heavy (non-hydrogen) atoms. The highest BCUT2D eigenvalue weighted by Crippen LogP contribution is 2.45. The number of nitrogens with zero attached hydrogens (tertiary/aromatic N) is 3. The van der Waals surface area contributed by atoms with Crippen LogP contribution in [0.3, 0.4) is 0 Å². The summed E-state index contributed by atoms with van der Waals surface area (Å²) in [5.74, 6) is -5.13. The minimum atomic E-state index is -1.44. The van der Waals surface area contributed by atoms with Gasteiger partial charge in [-0.2, -0.15) is 0 Å². The van der Waals surface area contributed by atoms with E-state index in [4.69, 9.17) is 57.6 Å². The van der Waals surface area contributed by atoms with E-state index in [1.54, 1.807) is 41.5 Å². The highest BCUT2D eigenvalue weighted by Gasteiger charge is 2.64. The molecule has 15 nitrogen and oxygen atoms in total. The number of ether oxygens (including phenoxy) is 11. The number of carbonyl (C=O) groups excluding carboxylic acids is 1. The molecule has 0 spiro atoms. The van der Waals surface area contributed by atoms with Crippen LogP contribution in [0.4, 0.5) is 0 Å². The lowest BCUT2D eigenvalue weighted by molar-refractivity contribution is -0.456. The molecule has 5 aliphatic heterocycles. The molecular formula is C24H37N3O12. The smallest absolute Gasteiger partial charge is 0.221 e. The molecule has 0 aliphatic carbocycles. The Kier molecular flexibility index (Phi) is 7.54. The van der Waals surface area contributed by atoms with Crippen molar-refractivity contribution in [1.29, 1.82) is 0 Å². The molecule has 5 fully saturated rings. The molecule has 11 atom stereocenters. The Balaban J connectivity index is 1.34. The molecule has 0 aromatic heterocycles. The van der Waals surface area contributed by atoms with Crippen LogP contribution in [0.5, 0.6) is 0 Å². The van der Waals surface area contributed by atoms with Gasteiger partial charge in [-0.3, -0.25) is 4.79 Å². The van der Waals surface area contributed by atoms with Gasteiger partial charge >= 0.3 is 0 Å². The molecule has 5 rings (SSSR count). The number of carbonyl (C=O) groups is 1. The Labute approximate surface area is 226 Å². The summed E-state index contributed by atoms with van der Waals surface area (Å²) < 4.78 is 65.7. The first-order chi connectivity index (χ1) is 18.3. The Bertz CT molecular complexity index is 1010. The van der Waals surface area contributed by atoms with Crippen molar-refractivity contribution in [3.63, 3.8) is 0 Å². The molecule has 15 heteroatoms. The van der Waals surface area contributed by atoms with Crippen LogP contribution in [0.1, 0.15) is 41.5 Å². The van der Waals surface area contributed by atoms with Gasteiger partial charge < -0.3 is 52.1 Å². The highest BCUT2D eigenvalue weighted by atomic mass is 16.9. The summed E-state index contributed by atoms with van der Waals surface area (Å²) in [6.07, 6.45) is -7.31. The van der Waals surface area contributed by atoms with Crippen molar-refractivity contribution in [2.45, 2.75) is 120 Å². The molecule has 5 heterocycles. The largest absolute Gasteiger partial charge is 0.349 e. The van der Waals surface area contributed by atoms with Crippen molar-refractivity contribution >= 4 is 5.78 Å². The number of azide groups is 1. The average Bonchev–Trinajstić information content (AvgIpc) is 3.37. The molecule has 0 N–H and O–H groups in total. The van der Waals surface area contributed by atoms with Crippen LogP contribution in [-0.4, -0.2) is 112 Å². The van der Waals surface area contributed by atoms with E-state index in [0.29, 0.717) is 0 Å². The normalized spacial score (nSPS) is 48.1. The maximum absolute atomic E-state index is 13.6. The van der Waals surface area contributed by atoms with Crippen LogP contribution < -0.4 is 0 Å². The van der Waals surface area contributed by atoms with Gasteiger partial charge in [0.05, 0.1) is 19.3 Å². The fourth-order valence-corrected chi connectivity index (χ4v) is 5.64. The minimum Gasteiger partial charge on any atom is -0.349 e. The van der Waals surface area contributed by atoms with Crippen molar-refractivity contribution in [1.82, 2.24) is 0 Å². The second kappa shape index (κ2) is 10.1. The summed E-state index contributed by atoms with van der Waals surface area (Å²) in [6.45, 7) is 10.2. The fourth-order valence-electron chi connectivity index (χ4n) is 5.64. The van der Waals surface area contributed by atoms with Crippen LogP contribution in [-0.2, 0) is 56.9 Å². The third-order valence-electron chi connectivity index (χ3n) is 7.78. The predicted molar refractivity (Wildman–Crippen MR) is 127 cm³/mol. The van der Waals surface area contributed by atoms with E-state index in [-0.39, 0.29) is 13.2 Å². The maximum Gasteiger partial charge on any atom is 0.221 e. The third-order valence-corrected chi connectivity index (χ3v) is 7.78. The van der Waals surface area contributed by atoms with E-state index in [0.717, 1.165) is 0 Å². The topological polar surface area (TPSA) is 167 Å². The molecule has 5 aliphatic rings. The summed E-state index contributed by atoms with van der Waals surface area (Å²) in [7, 11) is 2.85. The molecular weight excluding hydrogens is 522 g/mol. The minimum absolute atomic E-state index is 0.103. The van der Waals surface area contributed by atoms with Crippen molar-refractivity contribution in [3.8, 4) is 0 Å². The second-order valence-corrected chi connectivity index (χ2v) is 11.3. The quantitative estimate of drug-likeness (QED) is 0.251. The Morgan fingerprint density at radius 3 is 2.08 bits per heavy atom. The lowest BCUT2D eigenvalue weighted by Crippen LogP contribution is -2.72. The maximum atomic E-state index is 13.6. The Morgan fingerprint density at radius 2 is 1.41 bits per heavy atom. The van der Waals surface area contributed by atoms with Gasteiger partial charge in [0, 0.05) is 19.1 Å². The number of rotatable bonds is 7. The van der Waals surface area contributed by atoms with Gasteiger partial charge in [-0.1, -0.05) is 5.11 Å². The molecule has 0 aromatic rings. The first-order valence-electron chi connectivity index (χ1n) is 12.9. The SMILES string of the molecule is CO[C@@]1(C)O[C@H]2[C@H](O[C@]1(C)OC)C(=O)[C@@H](OC[C@H]1O[C@@H]3OC(C)(C)O[C@@H]3[C@H]3OC(C)(C)O[C@H]31)O[C@@H]2CN=[N+]=[N-]. The number of methoxy groups -OCH3 is 2. The molecule has 0 amide bonds. The van der Waals surface area contributed by atoms with Crippen LogP contribution in [0.15, 0.2) is 5.11 Å². The van der Waals surface area contributed by atoms with Crippen molar-refractivity contribution in [3.05, 3.63) is 10.4 Å². The van der Waals surface area contributed by atoms with Crippen molar-refractivity contribution < 1.29 is 56.9 Å². The van der Waals surface area contributed by atoms with Crippen molar-refractivity contribution in [2.24, 2.45) is 5.11 Å². The van der Waals surface area contributed by atoms with Gasteiger partial charge in [0.25, 0.3) is 0 Å². The number of hydrogen-bond donors (Lipinski definition) is 0. The van der Waals surface area contributed by atoms with Gasteiger partial charge in [0.1, 0.15) is 30.5 Å². The zero-order valence-electron chi connectivity index (χ0n) is 23.4. The molecule has 0 radical (unpaired) electrons. The first-order valence-corrected chi connectivity index (χ1v) is 12.9. The standard InChI is InChI=1S/C24H37N3O12/c1-21(2)34-15-12(33-20-18(17(15)35-21)36-22(3,4)39-20)10-31-19-13(28)16-14(11(32-19)9-26-27-25)37-23(5,29-7)24(6,30-8)38-16/h11-12,14-20H,9-10H2,1-8H3/t11-,12-,14-,15+,16-,17+,18-,19+,20-,23+,24+/m1/s1. The van der Waals surface area contributed by atoms with E-state index in [2.05, 4.69) is 10.0 Å². The lowest BCUT2D eigenvalue weighted by atomic mass is 9.94. The van der Waals surface area contributed by atoms with Crippen molar-refractivity contribution in [2.75, 3.05) is 27.4 Å². The molecule has 0 aromatic carbocycles. The summed E-state index contributed by atoms with van der Waals surface area (Å²) >= 11 is 0. The number of Topliss-reactive ketones (excluding diaryl/α,β-unsaturated/α-hetero) is 1. The molecule has 0 unspecified atom stereocenters. The average molecular weight is 560 g/mol. The molecule has 0 saturated carbocycles. The lowest BCUT2D eigenvalue weighted by Gasteiger charge is -2.54. The number of ketones is 1. The molecule has 5 saturated heterocycles. The van der Waals surface area contributed by atoms with Gasteiger partial charge in [-0.15, -0.1) is 0 Å². The van der Waals surface area contributed by atoms with Crippen LogP contribution in [0, 0.1) is 0 Å². The summed E-state index contributed by atoms with van der Waals surface area (Å²) in [6, 6.07) is 0. The summed E-state index contributed by atoms with van der Waals surface area (Å²) in [4.78, 5) is 16.4. The van der Waals surface area contributed by atoms with E-state index in [1.165, 1.54) is 14.2 Å². The van der Waals surface area contributed by atoms with Crippen LogP contribution in [0.2, 0.25) is 0 Å². The van der Waals surface area contributed by atoms with Gasteiger partial charge in [0.15, 0.2) is 24.0 Å². The Hall–Kier alpha value is -1.46. The summed E-state index contributed by atoms with van der Waals surface area (Å²) in [5, 5.41) is 3.62. The van der Waals surface area contributed by atoms with E-state index in [9.17, 15) is 4.79 Å². The highest BCUT2D eigenvalue weighted by molar-refractivity contribution is 5.88. The summed E-state index contributed by atoms with van der Waals surface area (Å²) in [5.41, 5.74) is 8.92. The fraction of sp³-hybridized carbons (Fsp3) is 0.958. The molecule has 0 bridgehead atoms. The predicted octanol–water partition coefficient (Wildman–Crippen LogP) is 1.51. The van der Waals surface area contributed by atoms with Crippen LogP contribution in [0.25, 0.3) is 10.4 Å². The van der Waals surface area contributed by atoms with Gasteiger partial charge in [0.2, 0.25) is 23.6 Å². The first kappa shape index (κ1) is 29.0. The second-order valence-electron chi connectivity index (χ2n) is 11.3. The van der Waals surface area contributed by atoms with Gasteiger partial charge in [-0.25, -0.2) is 0 Å². The number of hydrogen-bond acceptors (Lipinski definition) is 13. The monoisotopic (exact) mass is 559 g/mol. The Morgan fingerprint density at radius 1 is 0.795 bits per heavy atom. The zero-order chi connectivity index (χ0) is 28.4. The van der Waals surface area contributed by atoms with E-state index in [1.807, 2.05) is 0 Å². The van der Waals surface area contributed by atoms with E-state index < -0.39 is 84.2 Å². The van der Waals surface area contributed by atoms with Gasteiger partial charge in [-0.05, 0) is 47.1 Å². The van der Waals surface area contributed by atoms with Crippen LogP contribution >= 0.6 is 0 Å². The third kappa shape index (κ3) is 5.09. The molecule has 220 valence electrons. The number of fused-ring (bicyclic) bond motifs is 4. The zero-order valence-corrected chi connectivity index (χ0v) is 23.4.